The van der Waals surface area contributed by atoms with Crippen molar-refractivity contribution in [3.05, 3.63) is 58.6 Å². The van der Waals surface area contributed by atoms with Crippen LogP contribution in [-0.4, -0.2) is 47.6 Å². The van der Waals surface area contributed by atoms with Crippen molar-refractivity contribution in [1.29, 1.82) is 0 Å². The Balaban J connectivity index is 1.51. The predicted molar refractivity (Wildman–Crippen MR) is 83.7 cm³/mol. The zero-order valence-corrected chi connectivity index (χ0v) is 12.0. The van der Waals surface area contributed by atoms with Crippen LogP contribution in [0.5, 0.6) is 0 Å². The normalized spacial score (nSPS) is 16.1. The average Bonchev–Trinajstić information content (AvgIpc) is 2.55. The minimum atomic E-state index is -0.102. The Morgan fingerprint density at radius 2 is 1.86 bits per heavy atom. The van der Waals surface area contributed by atoms with E-state index in [0.29, 0.717) is 5.82 Å². The molecule has 2 aromatic rings. The van der Waals surface area contributed by atoms with Crippen molar-refractivity contribution in [1.82, 2.24) is 14.9 Å². The van der Waals surface area contributed by atoms with Gasteiger partial charge in [-0.1, -0.05) is 30.3 Å². The molecule has 0 amide bonds. The highest BCUT2D eigenvalue weighted by Gasteiger charge is 2.19. The molecule has 5 heteroatoms. The number of anilines is 1. The van der Waals surface area contributed by atoms with E-state index in [-0.39, 0.29) is 5.56 Å². The second kappa shape index (κ2) is 6.54. The molecule has 1 aliphatic rings. The number of piperazine rings is 1. The number of aromatic nitrogens is 2. The summed E-state index contributed by atoms with van der Waals surface area (Å²) in [5, 5.41) is 0. The van der Waals surface area contributed by atoms with Crippen LogP contribution in [0.1, 0.15) is 5.56 Å². The maximum absolute atomic E-state index is 11.7. The molecule has 0 aliphatic carbocycles. The number of aromatic amines is 1. The van der Waals surface area contributed by atoms with Gasteiger partial charge in [-0.25, -0.2) is 4.98 Å². The average molecular weight is 284 g/mol. The van der Waals surface area contributed by atoms with Crippen LogP contribution in [0, 0.1) is 0 Å². The maximum atomic E-state index is 11.7. The number of benzene rings is 1. The van der Waals surface area contributed by atoms with E-state index in [9.17, 15) is 4.79 Å². The van der Waals surface area contributed by atoms with Crippen molar-refractivity contribution < 1.29 is 0 Å². The van der Waals surface area contributed by atoms with Crippen LogP contribution in [0.25, 0.3) is 0 Å². The lowest BCUT2D eigenvalue weighted by Crippen LogP contribution is -2.48. The van der Waals surface area contributed by atoms with Gasteiger partial charge in [-0.05, 0) is 12.0 Å². The van der Waals surface area contributed by atoms with Gasteiger partial charge < -0.3 is 9.88 Å². The summed E-state index contributed by atoms with van der Waals surface area (Å²) in [7, 11) is 0. The number of nitrogens with one attached hydrogen (secondary N) is 1. The first kappa shape index (κ1) is 13.8. The highest BCUT2D eigenvalue weighted by Crippen LogP contribution is 2.09. The predicted octanol–water partition coefficient (Wildman–Crippen LogP) is 1.13. The van der Waals surface area contributed by atoms with Crippen LogP contribution < -0.4 is 10.5 Å². The Morgan fingerprint density at radius 3 is 2.57 bits per heavy atom. The third-order valence-electron chi connectivity index (χ3n) is 3.92. The molecule has 0 atom stereocenters. The Bertz CT molecular complexity index is 617. The number of hydrogen-bond acceptors (Lipinski definition) is 4. The van der Waals surface area contributed by atoms with E-state index < -0.39 is 0 Å². The lowest BCUT2D eigenvalue weighted by molar-refractivity contribution is 0.260. The molecular formula is C16H20N4O. The summed E-state index contributed by atoms with van der Waals surface area (Å²) in [6.07, 6.45) is 4.28. The molecule has 1 fully saturated rings. The number of nitrogens with zero attached hydrogens (tertiary/aromatic N) is 3. The molecular weight excluding hydrogens is 264 g/mol. The van der Waals surface area contributed by atoms with E-state index in [1.54, 1.807) is 12.4 Å². The van der Waals surface area contributed by atoms with Gasteiger partial charge >= 0.3 is 0 Å². The van der Waals surface area contributed by atoms with Gasteiger partial charge in [0, 0.05) is 45.1 Å². The molecule has 0 bridgehead atoms. The van der Waals surface area contributed by atoms with Gasteiger partial charge in [0.15, 0.2) is 5.82 Å². The molecule has 0 saturated carbocycles. The molecule has 0 radical (unpaired) electrons. The fourth-order valence-corrected chi connectivity index (χ4v) is 2.68. The number of hydrogen-bond donors (Lipinski definition) is 1. The summed E-state index contributed by atoms with van der Waals surface area (Å²) >= 11 is 0. The van der Waals surface area contributed by atoms with Gasteiger partial charge in [0.25, 0.3) is 5.56 Å². The highest BCUT2D eigenvalue weighted by molar-refractivity contribution is 5.35. The third-order valence-corrected chi connectivity index (χ3v) is 3.92. The highest BCUT2D eigenvalue weighted by atomic mass is 16.1. The molecule has 0 spiro atoms. The van der Waals surface area contributed by atoms with Gasteiger partial charge in [0.2, 0.25) is 0 Å². The van der Waals surface area contributed by atoms with E-state index in [2.05, 4.69) is 44.0 Å². The quantitative estimate of drug-likeness (QED) is 0.914. The smallest absolute Gasteiger partial charge is 0.290 e. The molecule has 1 aromatic heterocycles. The maximum Gasteiger partial charge on any atom is 0.290 e. The van der Waals surface area contributed by atoms with Crippen molar-refractivity contribution in [2.75, 3.05) is 37.6 Å². The Kier molecular flexibility index (Phi) is 4.31. The SMILES string of the molecule is O=c1[nH]ccnc1N1CCN(CCc2ccccc2)CC1. The van der Waals surface area contributed by atoms with E-state index >= 15 is 0 Å². The summed E-state index contributed by atoms with van der Waals surface area (Å²) in [5.74, 6) is 0.542. The molecule has 5 nitrogen and oxygen atoms in total. The van der Waals surface area contributed by atoms with Crippen molar-refractivity contribution in [2.24, 2.45) is 0 Å². The van der Waals surface area contributed by atoms with Crippen molar-refractivity contribution in [3.8, 4) is 0 Å². The second-order valence-corrected chi connectivity index (χ2v) is 5.31. The van der Waals surface area contributed by atoms with E-state index in [0.717, 1.165) is 39.1 Å². The fourth-order valence-electron chi connectivity index (χ4n) is 2.68. The molecule has 1 saturated heterocycles. The molecule has 2 heterocycles. The zero-order valence-electron chi connectivity index (χ0n) is 12.0. The molecule has 1 N–H and O–H groups in total. The first-order chi connectivity index (χ1) is 10.3. The minimum Gasteiger partial charge on any atom is -0.349 e. The molecule has 1 aromatic carbocycles. The van der Waals surface area contributed by atoms with Crippen LogP contribution in [0.4, 0.5) is 5.82 Å². The summed E-state index contributed by atoms with van der Waals surface area (Å²) in [4.78, 5) is 23.1. The van der Waals surface area contributed by atoms with E-state index in [1.165, 1.54) is 5.56 Å². The van der Waals surface area contributed by atoms with Gasteiger partial charge in [0.05, 0.1) is 0 Å². The molecule has 3 rings (SSSR count). The van der Waals surface area contributed by atoms with Gasteiger partial charge in [-0.15, -0.1) is 0 Å². The summed E-state index contributed by atoms with van der Waals surface area (Å²) < 4.78 is 0. The Morgan fingerprint density at radius 1 is 1.10 bits per heavy atom. The van der Waals surface area contributed by atoms with Crippen molar-refractivity contribution in [2.45, 2.75) is 6.42 Å². The number of rotatable bonds is 4. The van der Waals surface area contributed by atoms with Crippen LogP contribution in [0.15, 0.2) is 47.5 Å². The Hall–Kier alpha value is -2.14. The third kappa shape index (κ3) is 3.49. The minimum absolute atomic E-state index is 0.102. The van der Waals surface area contributed by atoms with Crippen LogP contribution in [-0.2, 0) is 6.42 Å². The molecule has 21 heavy (non-hydrogen) atoms. The summed E-state index contributed by atoms with van der Waals surface area (Å²) in [6, 6.07) is 10.6. The monoisotopic (exact) mass is 284 g/mol. The van der Waals surface area contributed by atoms with Gasteiger partial charge in [-0.3, -0.25) is 9.69 Å². The molecule has 0 unspecified atom stereocenters. The first-order valence-corrected chi connectivity index (χ1v) is 7.38. The molecule has 110 valence electrons. The fraction of sp³-hybridized carbons (Fsp3) is 0.375. The van der Waals surface area contributed by atoms with Crippen LogP contribution in [0.3, 0.4) is 0 Å². The van der Waals surface area contributed by atoms with Gasteiger partial charge in [0.1, 0.15) is 0 Å². The van der Waals surface area contributed by atoms with Crippen molar-refractivity contribution in [3.63, 3.8) is 0 Å². The van der Waals surface area contributed by atoms with E-state index in [1.807, 2.05) is 6.07 Å². The first-order valence-electron chi connectivity index (χ1n) is 7.38. The second-order valence-electron chi connectivity index (χ2n) is 5.31. The Labute approximate surface area is 124 Å². The lowest BCUT2D eigenvalue weighted by Gasteiger charge is -2.34. The summed E-state index contributed by atoms with van der Waals surface area (Å²) in [5.41, 5.74) is 1.27. The molecule has 1 aliphatic heterocycles. The lowest BCUT2D eigenvalue weighted by atomic mass is 10.1. The van der Waals surface area contributed by atoms with E-state index in [4.69, 9.17) is 0 Å². The van der Waals surface area contributed by atoms with Crippen LogP contribution >= 0.6 is 0 Å². The van der Waals surface area contributed by atoms with Gasteiger partial charge in [-0.2, -0.15) is 0 Å². The van der Waals surface area contributed by atoms with Crippen LogP contribution in [0.2, 0.25) is 0 Å². The van der Waals surface area contributed by atoms with Crippen molar-refractivity contribution >= 4 is 5.82 Å². The number of H-pyrrole nitrogens is 1. The zero-order chi connectivity index (χ0) is 14.5. The standard InChI is InChI=1S/C16H20N4O/c21-16-15(17-7-8-18-16)20-12-10-19(11-13-20)9-6-14-4-2-1-3-5-14/h1-5,7-8H,6,9-13H2,(H,18,21). The summed E-state index contributed by atoms with van der Waals surface area (Å²) in [6.45, 7) is 4.73. The largest absolute Gasteiger partial charge is 0.349 e. The topological polar surface area (TPSA) is 52.2 Å².